The van der Waals surface area contributed by atoms with Crippen LogP contribution in [0.15, 0.2) is 17.5 Å². The first kappa shape index (κ1) is 14.9. The Morgan fingerprint density at radius 2 is 2.42 bits per heavy atom. The zero-order chi connectivity index (χ0) is 13.5. The van der Waals surface area contributed by atoms with Gasteiger partial charge in [-0.05, 0) is 36.8 Å². The molecule has 1 aromatic rings. The van der Waals surface area contributed by atoms with Crippen LogP contribution in [0.5, 0.6) is 0 Å². The lowest BCUT2D eigenvalue weighted by Gasteiger charge is -2.32. The highest BCUT2D eigenvalue weighted by atomic mass is 32.1. The minimum atomic E-state index is -0.447. The molecule has 0 bridgehead atoms. The van der Waals surface area contributed by atoms with Crippen LogP contribution < -0.4 is 0 Å². The molecule has 0 spiro atoms. The Balaban J connectivity index is 1.62. The summed E-state index contributed by atoms with van der Waals surface area (Å²) >= 11 is 1.67. The molecule has 0 radical (unpaired) electrons. The van der Waals surface area contributed by atoms with Crippen LogP contribution >= 0.6 is 11.3 Å². The molecule has 2 unspecified atom stereocenters. The molecule has 1 aliphatic heterocycles. The van der Waals surface area contributed by atoms with Crippen molar-refractivity contribution < 1.29 is 14.9 Å². The van der Waals surface area contributed by atoms with Gasteiger partial charge in [0.25, 0.3) is 0 Å². The maximum atomic E-state index is 9.96. The van der Waals surface area contributed by atoms with E-state index in [0.717, 1.165) is 25.9 Å². The lowest BCUT2D eigenvalue weighted by molar-refractivity contribution is 0.000760. The molecule has 19 heavy (non-hydrogen) atoms. The van der Waals surface area contributed by atoms with E-state index in [1.165, 1.54) is 4.88 Å². The zero-order valence-corrected chi connectivity index (χ0v) is 12.0. The highest BCUT2D eigenvalue weighted by Gasteiger charge is 2.21. The molecule has 1 fully saturated rings. The highest BCUT2D eigenvalue weighted by molar-refractivity contribution is 7.09. The standard InChI is InChI=1S/C14H23NO3S/c16-9-12-3-1-5-15(7-12)8-13(17)10-18-11-14-4-2-6-19-14/h2,4,6,12-13,16-17H,1,3,5,7-11H2. The SMILES string of the molecule is OCC1CCCN(CC(O)COCc2cccs2)C1. The van der Waals surface area contributed by atoms with Gasteiger partial charge in [0.15, 0.2) is 0 Å². The number of nitrogens with zero attached hydrogens (tertiary/aromatic N) is 1. The molecule has 0 saturated carbocycles. The first-order valence-corrected chi connectivity index (χ1v) is 7.77. The van der Waals surface area contributed by atoms with E-state index in [9.17, 15) is 10.2 Å². The maximum Gasteiger partial charge on any atom is 0.0900 e. The predicted molar refractivity (Wildman–Crippen MR) is 76.2 cm³/mol. The van der Waals surface area contributed by atoms with Gasteiger partial charge in [0.05, 0.1) is 19.3 Å². The number of aliphatic hydroxyl groups excluding tert-OH is 2. The Morgan fingerprint density at radius 3 is 3.16 bits per heavy atom. The van der Waals surface area contributed by atoms with Gasteiger partial charge in [0.2, 0.25) is 0 Å². The molecule has 0 amide bonds. The summed E-state index contributed by atoms with van der Waals surface area (Å²) in [5.41, 5.74) is 0. The number of likely N-dealkylation sites (tertiary alicyclic amines) is 1. The molecule has 2 atom stereocenters. The summed E-state index contributed by atoms with van der Waals surface area (Å²) in [4.78, 5) is 3.41. The van der Waals surface area contributed by atoms with E-state index >= 15 is 0 Å². The molecule has 2 heterocycles. The zero-order valence-electron chi connectivity index (χ0n) is 11.2. The van der Waals surface area contributed by atoms with Crippen molar-refractivity contribution in [2.24, 2.45) is 5.92 Å². The lowest BCUT2D eigenvalue weighted by atomic mass is 9.99. The molecule has 0 aromatic carbocycles. The summed E-state index contributed by atoms with van der Waals surface area (Å²) in [5.74, 6) is 0.369. The van der Waals surface area contributed by atoms with E-state index in [4.69, 9.17) is 4.74 Å². The molecule has 0 aliphatic carbocycles. The van der Waals surface area contributed by atoms with Crippen LogP contribution in [0.25, 0.3) is 0 Å². The van der Waals surface area contributed by atoms with Crippen LogP contribution in [0.1, 0.15) is 17.7 Å². The van der Waals surface area contributed by atoms with Crippen molar-refractivity contribution in [1.29, 1.82) is 0 Å². The Bertz CT molecular complexity index is 344. The summed E-state index contributed by atoms with van der Waals surface area (Å²) in [6.45, 7) is 3.74. The molecule has 1 aromatic heterocycles. The van der Waals surface area contributed by atoms with Crippen molar-refractivity contribution in [2.45, 2.75) is 25.6 Å². The number of piperidine rings is 1. The van der Waals surface area contributed by atoms with E-state index in [0.29, 0.717) is 25.7 Å². The first-order chi connectivity index (χ1) is 9.28. The second-order valence-electron chi connectivity index (χ2n) is 5.20. The molecule has 108 valence electrons. The van der Waals surface area contributed by atoms with Crippen LogP contribution in [-0.2, 0) is 11.3 Å². The molecule has 1 saturated heterocycles. The van der Waals surface area contributed by atoms with E-state index in [-0.39, 0.29) is 6.61 Å². The Hall–Kier alpha value is -0.460. The number of hydrogen-bond donors (Lipinski definition) is 2. The number of β-amino-alcohol motifs (C(OH)–C–C–N with tert-alkyl or cyclic N) is 1. The average molecular weight is 285 g/mol. The first-order valence-electron chi connectivity index (χ1n) is 6.89. The van der Waals surface area contributed by atoms with Gasteiger partial charge in [0.1, 0.15) is 0 Å². The fourth-order valence-corrected chi connectivity index (χ4v) is 3.15. The predicted octanol–water partition coefficient (Wildman–Crippen LogP) is 1.33. The Morgan fingerprint density at radius 1 is 1.53 bits per heavy atom. The molecular weight excluding hydrogens is 262 g/mol. The number of aliphatic hydroxyl groups is 2. The third kappa shape index (κ3) is 5.20. The van der Waals surface area contributed by atoms with Gasteiger partial charge in [-0.2, -0.15) is 0 Å². The smallest absolute Gasteiger partial charge is 0.0900 e. The topological polar surface area (TPSA) is 52.9 Å². The number of rotatable bonds is 7. The molecule has 2 N–H and O–H groups in total. The van der Waals surface area contributed by atoms with Crippen LogP contribution in [0.3, 0.4) is 0 Å². The minimum absolute atomic E-state index is 0.251. The minimum Gasteiger partial charge on any atom is -0.396 e. The van der Waals surface area contributed by atoms with Gasteiger partial charge in [-0.3, -0.25) is 0 Å². The van der Waals surface area contributed by atoms with Crippen LogP contribution in [0.4, 0.5) is 0 Å². The van der Waals surface area contributed by atoms with Gasteiger partial charge in [-0.25, -0.2) is 0 Å². The van der Waals surface area contributed by atoms with Crippen LogP contribution in [-0.4, -0.2) is 54.1 Å². The lowest BCUT2D eigenvalue weighted by Crippen LogP contribution is -2.42. The summed E-state index contributed by atoms with van der Waals surface area (Å²) in [7, 11) is 0. The summed E-state index contributed by atoms with van der Waals surface area (Å²) in [5, 5.41) is 21.2. The normalized spacial score (nSPS) is 22.5. The number of ether oxygens (including phenoxy) is 1. The van der Waals surface area contributed by atoms with Crippen molar-refractivity contribution in [3.8, 4) is 0 Å². The maximum absolute atomic E-state index is 9.96. The van der Waals surface area contributed by atoms with Gasteiger partial charge in [-0.1, -0.05) is 6.07 Å². The fraction of sp³-hybridized carbons (Fsp3) is 0.714. The summed E-state index contributed by atoms with van der Waals surface area (Å²) < 4.78 is 5.52. The second kappa shape index (κ2) is 7.97. The fourth-order valence-electron chi connectivity index (χ4n) is 2.51. The largest absolute Gasteiger partial charge is 0.396 e. The number of thiophene rings is 1. The van der Waals surface area contributed by atoms with Crippen molar-refractivity contribution in [2.75, 3.05) is 32.8 Å². The molecular formula is C14H23NO3S. The van der Waals surface area contributed by atoms with E-state index in [1.807, 2.05) is 17.5 Å². The third-order valence-electron chi connectivity index (χ3n) is 3.46. The monoisotopic (exact) mass is 285 g/mol. The Kier molecular flexibility index (Phi) is 6.26. The van der Waals surface area contributed by atoms with Crippen molar-refractivity contribution in [3.05, 3.63) is 22.4 Å². The van der Waals surface area contributed by atoms with E-state index in [2.05, 4.69) is 4.90 Å². The van der Waals surface area contributed by atoms with E-state index in [1.54, 1.807) is 11.3 Å². The van der Waals surface area contributed by atoms with Gasteiger partial charge in [-0.15, -0.1) is 11.3 Å². The Labute approximate surface area is 118 Å². The molecule has 5 heteroatoms. The quantitative estimate of drug-likeness (QED) is 0.793. The highest BCUT2D eigenvalue weighted by Crippen LogP contribution is 2.16. The average Bonchev–Trinajstić information content (AvgIpc) is 2.92. The third-order valence-corrected chi connectivity index (χ3v) is 4.31. The van der Waals surface area contributed by atoms with E-state index < -0.39 is 6.10 Å². The van der Waals surface area contributed by atoms with Crippen LogP contribution in [0.2, 0.25) is 0 Å². The summed E-state index contributed by atoms with van der Waals surface area (Å²) in [6.07, 6.45) is 1.75. The van der Waals surface area contributed by atoms with Gasteiger partial charge >= 0.3 is 0 Å². The second-order valence-corrected chi connectivity index (χ2v) is 6.23. The van der Waals surface area contributed by atoms with Crippen LogP contribution in [0, 0.1) is 5.92 Å². The van der Waals surface area contributed by atoms with Crippen molar-refractivity contribution >= 4 is 11.3 Å². The van der Waals surface area contributed by atoms with Gasteiger partial charge in [0, 0.05) is 24.6 Å². The molecule has 2 rings (SSSR count). The number of hydrogen-bond acceptors (Lipinski definition) is 5. The van der Waals surface area contributed by atoms with Crippen molar-refractivity contribution in [1.82, 2.24) is 4.90 Å². The summed E-state index contributed by atoms with van der Waals surface area (Å²) in [6, 6.07) is 4.04. The van der Waals surface area contributed by atoms with Crippen molar-refractivity contribution in [3.63, 3.8) is 0 Å². The molecule has 1 aliphatic rings. The van der Waals surface area contributed by atoms with Gasteiger partial charge < -0.3 is 19.8 Å². The molecule has 4 nitrogen and oxygen atoms in total.